The molecule has 0 amide bonds. The molecular weight excluding hydrogens is 126 g/mol. The van der Waals surface area contributed by atoms with Crippen LogP contribution in [0.25, 0.3) is 6.20 Å². The Kier molecular flexibility index (Phi) is 1.67. The zero-order chi connectivity index (χ0) is 7.56. The van der Waals surface area contributed by atoms with Gasteiger partial charge in [-0.3, -0.25) is 0 Å². The summed E-state index contributed by atoms with van der Waals surface area (Å²) in [5.74, 6) is 0.618. The van der Waals surface area contributed by atoms with Crippen LogP contribution in [0.1, 0.15) is 11.5 Å². The molecule has 0 saturated carbocycles. The van der Waals surface area contributed by atoms with Crippen LogP contribution in [0.15, 0.2) is 12.8 Å². The number of rotatable bonds is 2. The first-order chi connectivity index (χ1) is 4.77. The molecule has 0 fully saturated rings. The Morgan fingerprint density at radius 2 is 2.50 bits per heavy atom. The molecular formula is C7H9N3. The summed E-state index contributed by atoms with van der Waals surface area (Å²) in [7, 11) is 0. The molecule has 3 heteroatoms. The fraction of sp³-hybridized carbons (Fsp3) is 0.143. The van der Waals surface area contributed by atoms with Crippen molar-refractivity contribution >= 4 is 12.4 Å². The standard InChI is InChI=1S/C7H9N3/c1-3-10-5-6(2)9-7(10)4-8/h3-5,8H,1H2,2H3. The Hall–Kier alpha value is -1.38. The van der Waals surface area contributed by atoms with Gasteiger partial charge in [-0.1, -0.05) is 6.58 Å². The normalized spacial score (nSPS) is 9.30. The van der Waals surface area contributed by atoms with E-state index in [1.54, 1.807) is 10.8 Å². The van der Waals surface area contributed by atoms with Gasteiger partial charge in [0.15, 0.2) is 5.82 Å². The average molecular weight is 135 g/mol. The van der Waals surface area contributed by atoms with Crippen molar-refractivity contribution < 1.29 is 0 Å². The van der Waals surface area contributed by atoms with Crippen molar-refractivity contribution in [1.29, 1.82) is 5.41 Å². The fourth-order valence-corrected chi connectivity index (χ4v) is 0.788. The van der Waals surface area contributed by atoms with Gasteiger partial charge in [-0.15, -0.1) is 0 Å². The Balaban J connectivity index is 3.20. The monoisotopic (exact) mass is 135 g/mol. The molecule has 0 unspecified atom stereocenters. The number of hydrogen-bond acceptors (Lipinski definition) is 2. The van der Waals surface area contributed by atoms with Crippen LogP contribution in [0, 0.1) is 12.3 Å². The topological polar surface area (TPSA) is 41.7 Å². The lowest BCUT2D eigenvalue weighted by Crippen LogP contribution is -1.91. The van der Waals surface area contributed by atoms with Crippen molar-refractivity contribution in [3.8, 4) is 0 Å². The molecule has 1 N–H and O–H groups in total. The van der Waals surface area contributed by atoms with E-state index in [2.05, 4.69) is 11.6 Å². The van der Waals surface area contributed by atoms with E-state index in [1.807, 2.05) is 13.1 Å². The number of aryl methyl sites for hydroxylation is 1. The second-order valence-electron chi connectivity index (χ2n) is 1.97. The zero-order valence-corrected chi connectivity index (χ0v) is 5.83. The van der Waals surface area contributed by atoms with Gasteiger partial charge in [0.2, 0.25) is 0 Å². The lowest BCUT2D eigenvalue weighted by atomic mass is 10.6. The van der Waals surface area contributed by atoms with Gasteiger partial charge in [0, 0.05) is 12.4 Å². The summed E-state index contributed by atoms with van der Waals surface area (Å²) in [5, 5.41) is 6.95. The molecule has 0 aliphatic carbocycles. The molecule has 1 heterocycles. The van der Waals surface area contributed by atoms with E-state index in [4.69, 9.17) is 5.41 Å². The Bertz CT molecular complexity index is 234. The minimum absolute atomic E-state index is 0.618. The summed E-state index contributed by atoms with van der Waals surface area (Å²) in [5.41, 5.74) is 0.901. The van der Waals surface area contributed by atoms with Crippen molar-refractivity contribution in [3.05, 3.63) is 24.3 Å². The number of imidazole rings is 1. The van der Waals surface area contributed by atoms with Crippen LogP contribution in [0.4, 0.5) is 0 Å². The van der Waals surface area contributed by atoms with E-state index in [-0.39, 0.29) is 0 Å². The van der Waals surface area contributed by atoms with E-state index in [1.165, 1.54) is 6.21 Å². The molecule has 0 saturated heterocycles. The van der Waals surface area contributed by atoms with Crippen LogP contribution in [0.2, 0.25) is 0 Å². The first-order valence-electron chi connectivity index (χ1n) is 2.96. The predicted molar refractivity (Wildman–Crippen MR) is 41.2 cm³/mol. The van der Waals surface area contributed by atoms with E-state index < -0.39 is 0 Å². The van der Waals surface area contributed by atoms with Crippen LogP contribution in [0.5, 0.6) is 0 Å². The van der Waals surface area contributed by atoms with Gasteiger partial charge in [-0.05, 0) is 6.92 Å². The summed E-state index contributed by atoms with van der Waals surface area (Å²) in [4.78, 5) is 4.05. The van der Waals surface area contributed by atoms with Crippen molar-refractivity contribution in [2.24, 2.45) is 0 Å². The zero-order valence-electron chi connectivity index (χ0n) is 5.83. The van der Waals surface area contributed by atoms with E-state index in [0.29, 0.717) is 5.82 Å². The van der Waals surface area contributed by atoms with Crippen LogP contribution in [-0.4, -0.2) is 15.8 Å². The van der Waals surface area contributed by atoms with Crippen LogP contribution >= 0.6 is 0 Å². The number of nitrogens with one attached hydrogen (secondary N) is 1. The molecule has 3 nitrogen and oxygen atoms in total. The molecule has 1 aromatic heterocycles. The lowest BCUT2D eigenvalue weighted by molar-refractivity contribution is 1.11. The Morgan fingerprint density at radius 3 is 2.90 bits per heavy atom. The highest BCUT2D eigenvalue weighted by atomic mass is 15.1. The maximum Gasteiger partial charge on any atom is 0.154 e. The largest absolute Gasteiger partial charge is 0.306 e. The van der Waals surface area contributed by atoms with E-state index >= 15 is 0 Å². The van der Waals surface area contributed by atoms with Gasteiger partial charge in [0.1, 0.15) is 0 Å². The summed E-state index contributed by atoms with van der Waals surface area (Å²) >= 11 is 0. The van der Waals surface area contributed by atoms with Gasteiger partial charge >= 0.3 is 0 Å². The lowest BCUT2D eigenvalue weighted by Gasteiger charge is -1.90. The molecule has 0 radical (unpaired) electrons. The molecule has 0 atom stereocenters. The second-order valence-corrected chi connectivity index (χ2v) is 1.97. The molecule has 0 aliphatic rings. The minimum atomic E-state index is 0.618. The van der Waals surface area contributed by atoms with Gasteiger partial charge in [0.25, 0.3) is 0 Å². The van der Waals surface area contributed by atoms with Crippen LogP contribution < -0.4 is 0 Å². The first kappa shape index (κ1) is 6.74. The van der Waals surface area contributed by atoms with Crippen LogP contribution in [0.3, 0.4) is 0 Å². The Morgan fingerprint density at radius 1 is 1.80 bits per heavy atom. The molecule has 0 spiro atoms. The number of aromatic nitrogens is 2. The second kappa shape index (κ2) is 2.47. The highest BCUT2D eigenvalue weighted by Gasteiger charge is 1.96. The fourth-order valence-electron chi connectivity index (χ4n) is 0.788. The Labute approximate surface area is 59.5 Å². The van der Waals surface area contributed by atoms with E-state index in [9.17, 15) is 0 Å². The molecule has 0 aliphatic heterocycles. The first-order valence-corrected chi connectivity index (χ1v) is 2.96. The summed E-state index contributed by atoms with van der Waals surface area (Å²) in [6, 6.07) is 0. The van der Waals surface area contributed by atoms with Gasteiger partial charge in [0.05, 0.1) is 11.9 Å². The third-order valence-electron chi connectivity index (χ3n) is 1.21. The molecule has 1 aromatic rings. The highest BCUT2D eigenvalue weighted by Crippen LogP contribution is 1.98. The van der Waals surface area contributed by atoms with E-state index in [0.717, 1.165) is 5.69 Å². The van der Waals surface area contributed by atoms with Crippen molar-refractivity contribution in [2.45, 2.75) is 6.92 Å². The number of hydrogen-bond donors (Lipinski definition) is 1. The van der Waals surface area contributed by atoms with Gasteiger partial charge in [-0.2, -0.15) is 0 Å². The predicted octanol–water partition coefficient (Wildman–Crippen LogP) is 1.29. The van der Waals surface area contributed by atoms with Crippen molar-refractivity contribution in [2.75, 3.05) is 0 Å². The quantitative estimate of drug-likeness (QED) is 0.610. The molecule has 0 bridgehead atoms. The molecule has 52 valence electrons. The SMILES string of the molecule is C=Cn1cc(C)nc1C=N. The average Bonchev–Trinajstić information content (AvgIpc) is 2.30. The maximum atomic E-state index is 6.95. The minimum Gasteiger partial charge on any atom is -0.306 e. The van der Waals surface area contributed by atoms with Crippen LogP contribution in [-0.2, 0) is 0 Å². The number of nitrogens with zero attached hydrogens (tertiary/aromatic N) is 2. The third kappa shape index (κ3) is 0.978. The maximum absolute atomic E-state index is 6.95. The third-order valence-corrected chi connectivity index (χ3v) is 1.21. The smallest absolute Gasteiger partial charge is 0.154 e. The van der Waals surface area contributed by atoms with Gasteiger partial charge in [-0.25, -0.2) is 4.98 Å². The highest BCUT2D eigenvalue weighted by molar-refractivity contribution is 5.73. The van der Waals surface area contributed by atoms with Crippen molar-refractivity contribution in [1.82, 2.24) is 9.55 Å². The van der Waals surface area contributed by atoms with Crippen molar-refractivity contribution in [3.63, 3.8) is 0 Å². The summed E-state index contributed by atoms with van der Waals surface area (Å²) in [6.07, 6.45) is 4.66. The summed E-state index contributed by atoms with van der Waals surface area (Å²) in [6.45, 7) is 5.45. The summed E-state index contributed by atoms with van der Waals surface area (Å²) < 4.78 is 1.71. The van der Waals surface area contributed by atoms with Gasteiger partial charge < -0.3 is 9.98 Å². The molecule has 10 heavy (non-hydrogen) atoms. The molecule has 0 aromatic carbocycles. The molecule has 1 rings (SSSR count).